The van der Waals surface area contributed by atoms with E-state index in [0.29, 0.717) is 12.2 Å². The van der Waals surface area contributed by atoms with Crippen LogP contribution in [-0.2, 0) is 9.47 Å². The molecule has 3 aliphatic rings. The van der Waals surface area contributed by atoms with Crippen molar-refractivity contribution in [3.8, 4) is 0 Å². The monoisotopic (exact) mass is 268 g/mol. The van der Waals surface area contributed by atoms with Gasteiger partial charge in [-0.05, 0) is 38.0 Å². The fourth-order valence-electron chi connectivity index (χ4n) is 4.18. The van der Waals surface area contributed by atoms with E-state index in [1.165, 1.54) is 51.4 Å². The van der Waals surface area contributed by atoms with Gasteiger partial charge in [0, 0.05) is 6.61 Å². The Balaban J connectivity index is 1.66. The van der Waals surface area contributed by atoms with E-state index in [2.05, 4.69) is 13.1 Å². The predicted octanol–water partition coefficient (Wildman–Crippen LogP) is 3.30. The third kappa shape index (κ3) is 2.30. The second-order valence-electron chi connectivity index (χ2n) is 6.83. The first-order chi connectivity index (χ1) is 8.74. The molecule has 1 aliphatic carbocycles. The molecule has 1 saturated carbocycles. The van der Waals surface area contributed by atoms with E-state index < -0.39 is 8.80 Å². The molecule has 0 radical (unpaired) electrons. The van der Waals surface area contributed by atoms with E-state index in [-0.39, 0.29) is 5.22 Å². The van der Waals surface area contributed by atoms with Crippen LogP contribution in [0.3, 0.4) is 0 Å². The van der Waals surface area contributed by atoms with Crippen molar-refractivity contribution in [3.63, 3.8) is 0 Å². The van der Waals surface area contributed by atoms with Gasteiger partial charge in [-0.2, -0.15) is 0 Å². The van der Waals surface area contributed by atoms with E-state index in [1.54, 1.807) is 0 Å². The van der Waals surface area contributed by atoms with Crippen LogP contribution >= 0.6 is 0 Å². The highest BCUT2D eigenvalue weighted by molar-refractivity contribution is 6.59. The van der Waals surface area contributed by atoms with Crippen LogP contribution in [0.15, 0.2) is 0 Å². The Morgan fingerprint density at radius 3 is 2.39 bits per heavy atom. The van der Waals surface area contributed by atoms with Gasteiger partial charge in [0.1, 0.15) is 6.10 Å². The fraction of sp³-hybridized carbons (Fsp3) is 1.00. The van der Waals surface area contributed by atoms with Crippen LogP contribution < -0.4 is 0 Å². The molecule has 3 heteroatoms. The minimum atomic E-state index is -0.823. The molecular weight excluding hydrogens is 240 g/mol. The highest BCUT2D eigenvalue weighted by atomic mass is 28.3. The molecule has 0 aromatic carbocycles. The Kier molecular flexibility index (Phi) is 3.84. The normalized spacial score (nSPS) is 42.2. The maximum Gasteiger partial charge on any atom is 0.110 e. The molecule has 3 unspecified atom stereocenters. The van der Waals surface area contributed by atoms with Crippen molar-refractivity contribution in [3.05, 3.63) is 0 Å². The van der Waals surface area contributed by atoms with Gasteiger partial charge < -0.3 is 9.47 Å². The molecular formula is C15H28O2Si. The van der Waals surface area contributed by atoms with Crippen molar-refractivity contribution in [1.29, 1.82) is 0 Å². The minimum Gasteiger partial charge on any atom is -0.376 e. The maximum absolute atomic E-state index is 6.31. The van der Waals surface area contributed by atoms with E-state index in [9.17, 15) is 0 Å². The van der Waals surface area contributed by atoms with E-state index in [1.807, 2.05) is 0 Å². The average molecular weight is 268 g/mol. The van der Waals surface area contributed by atoms with Crippen LogP contribution in [0.25, 0.3) is 0 Å². The lowest BCUT2D eigenvalue weighted by atomic mass is 9.84. The topological polar surface area (TPSA) is 21.8 Å². The zero-order chi connectivity index (χ0) is 12.6. The lowest BCUT2D eigenvalue weighted by Crippen LogP contribution is -2.53. The summed E-state index contributed by atoms with van der Waals surface area (Å²) < 4.78 is 12.5. The molecule has 0 spiro atoms. The molecule has 0 amide bonds. The van der Waals surface area contributed by atoms with E-state index in [0.717, 1.165) is 12.5 Å². The molecule has 2 saturated heterocycles. The first kappa shape index (κ1) is 13.1. The summed E-state index contributed by atoms with van der Waals surface area (Å²) in [4.78, 5) is 0. The number of hydrogen-bond acceptors (Lipinski definition) is 2. The van der Waals surface area contributed by atoms with Gasteiger partial charge in [0.2, 0.25) is 0 Å². The van der Waals surface area contributed by atoms with Crippen molar-refractivity contribution >= 4 is 8.80 Å². The third-order valence-corrected chi connectivity index (χ3v) is 8.17. The SMILES string of the molecule is C[SiH](C)C1(C2OC2C2CCCCC2)CCCCO1. The van der Waals surface area contributed by atoms with Crippen LogP contribution in [0.5, 0.6) is 0 Å². The molecule has 3 fully saturated rings. The lowest BCUT2D eigenvalue weighted by molar-refractivity contribution is -0.0394. The van der Waals surface area contributed by atoms with Crippen molar-refractivity contribution in [2.75, 3.05) is 6.61 Å². The number of epoxide rings is 1. The lowest BCUT2D eigenvalue weighted by Gasteiger charge is -2.40. The molecule has 0 N–H and O–H groups in total. The van der Waals surface area contributed by atoms with Crippen LogP contribution in [0, 0.1) is 5.92 Å². The summed E-state index contributed by atoms with van der Waals surface area (Å²) in [5, 5.41) is 0.181. The molecule has 0 bridgehead atoms. The molecule has 3 rings (SSSR count). The molecule has 0 aromatic rings. The Morgan fingerprint density at radius 2 is 1.78 bits per heavy atom. The summed E-state index contributed by atoms with van der Waals surface area (Å²) >= 11 is 0. The van der Waals surface area contributed by atoms with Gasteiger partial charge in [0.25, 0.3) is 0 Å². The second kappa shape index (κ2) is 5.26. The van der Waals surface area contributed by atoms with Crippen LogP contribution in [-0.4, -0.2) is 32.8 Å². The Hall–Kier alpha value is 0.137. The molecule has 18 heavy (non-hydrogen) atoms. The van der Waals surface area contributed by atoms with Crippen LogP contribution in [0.2, 0.25) is 13.1 Å². The van der Waals surface area contributed by atoms with Gasteiger partial charge in [0.15, 0.2) is 0 Å². The molecule has 3 atom stereocenters. The summed E-state index contributed by atoms with van der Waals surface area (Å²) in [5.41, 5.74) is 0. The van der Waals surface area contributed by atoms with Crippen LogP contribution in [0.1, 0.15) is 51.4 Å². The fourth-order valence-corrected chi connectivity index (χ4v) is 6.34. The quantitative estimate of drug-likeness (QED) is 0.579. The summed E-state index contributed by atoms with van der Waals surface area (Å²) in [6, 6.07) is 0. The van der Waals surface area contributed by atoms with Crippen molar-refractivity contribution in [2.24, 2.45) is 5.92 Å². The summed E-state index contributed by atoms with van der Waals surface area (Å²) in [6.07, 6.45) is 12.0. The molecule has 2 heterocycles. The van der Waals surface area contributed by atoms with Crippen molar-refractivity contribution in [1.82, 2.24) is 0 Å². The molecule has 104 valence electrons. The van der Waals surface area contributed by atoms with Gasteiger partial charge in [-0.25, -0.2) is 0 Å². The number of ether oxygens (including phenoxy) is 2. The zero-order valence-electron chi connectivity index (χ0n) is 12.0. The van der Waals surface area contributed by atoms with Gasteiger partial charge in [-0.3, -0.25) is 0 Å². The van der Waals surface area contributed by atoms with E-state index in [4.69, 9.17) is 9.47 Å². The van der Waals surface area contributed by atoms with Crippen molar-refractivity contribution in [2.45, 2.75) is 81.9 Å². The molecule has 0 aromatic heterocycles. The first-order valence-electron chi connectivity index (χ1n) is 8.03. The standard InChI is InChI=1S/C15H28O2Si/c1-18(2)15(10-6-7-11-16-15)14-13(17-14)12-8-4-3-5-9-12/h12-14,18H,3-11H2,1-2H3. The number of rotatable bonds is 3. The van der Waals surface area contributed by atoms with Gasteiger partial charge in [0.05, 0.1) is 20.1 Å². The number of hydrogen-bond donors (Lipinski definition) is 0. The predicted molar refractivity (Wildman–Crippen MR) is 76.6 cm³/mol. The van der Waals surface area contributed by atoms with E-state index >= 15 is 0 Å². The van der Waals surface area contributed by atoms with Gasteiger partial charge in [-0.15, -0.1) is 0 Å². The van der Waals surface area contributed by atoms with Gasteiger partial charge >= 0.3 is 0 Å². The maximum atomic E-state index is 6.31. The largest absolute Gasteiger partial charge is 0.376 e. The summed E-state index contributed by atoms with van der Waals surface area (Å²) in [7, 11) is -0.823. The zero-order valence-corrected chi connectivity index (χ0v) is 13.1. The van der Waals surface area contributed by atoms with Crippen molar-refractivity contribution < 1.29 is 9.47 Å². The smallest absolute Gasteiger partial charge is 0.110 e. The summed E-state index contributed by atoms with van der Waals surface area (Å²) in [6.45, 7) is 5.87. The summed E-state index contributed by atoms with van der Waals surface area (Å²) in [5.74, 6) is 0.846. The Morgan fingerprint density at radius 1 is 1.00 bits per heavy atom. The highest BCUT2D eigenvalue weighted by Gasteiger charge is 2.59. The van der Waals surface area contributed by atoms with Crippen LogP contribution in [0.4, 0.5) is 0 Å². The highest BCUT2D eigenvalue weighted by Crippen LogP contribution is 2.48. The second-order valence-corrected chi connectivity index (χ2v) is 10.1. The Labute approximate surface area is 113 Å². The average Bonchev–Trinajstić information content (AvgIpc) is 3.21. The molecule has 2 nitrogen and oxygen atoms in total. The molecule has 2 aliphatic heterocycles. The minimum absolute atomic E-state index is 0.181. The third-order valence-electron chi connectivity index (χ3n) is 5.43. The Bertz CT molecular complexity index is 280. The first-order valence-corrected chi connectivity index (χ1v) is 10.9. The van der Waals surface area contributed by atoms with Gasteiger partial charge in [-0.1, -0.05) is 32.4 Å².